The molecule has 0 spiro atoms. The van der Waals surface area contributed by atoms with E-state index in [0.29, 0.717) is 0 Å². The summed E-state index contributed by atoms with van der Waals surface area (Å²) in [6.07, 6.45) is 0.878. The number of carbonyl (C=O) groups excluding carboxylic acids is 1. The number of carbonyl (C=O) groups is 1. The zero-order valence-electron chi connectivity index (χ0n) is 9.31. The molecule has 0 amide bonds. The Morgan fingerprint density at radius 1 is 1.12 bits per heavy atom. The maximum atomic E-state index is 10.7. The van der Waals surface area contributed by atoms with Crippen LogP contribution in [0.15, 0.2) is 52.3 Å². The monoisotopic (exact) mass is 262 g/mol. The predicted molar refractivity (Wildman–Crippen MR) is 72.1 cm³/mol. The lowest BCUT2D eigenvalue weighted by Crippen LogP contribution is -1.86. The number of benzene rings is 2. The number of aryl methyl sites for hydroxylation is 1. The summed E-state index contributed by atoms with van der Waals surface area (Å²) in [5.41, 5.74) is 1.73. The van der Waals surface area contributed by atoms with Crippen molar-refractivity contribution in [3.8, 4) is 0 Å². The summed E-state index contributed by atoms with van der Waals surface area (Å²) >= 11 is 7.57. The fraction of sp³-hybridized carbons (Fsp3) is 0.0714. The second-order valence-electron chi connectivity index (χ2n) is 3.70. The topological polar surface area (TPSA) is 17.1 Å². The molecule has 2 aromatic rings. The van der Waals surface area contributed by atoms with Crippen molar-refractivity contribution in [3.05, 3.63) is 58.6 Å². The third kappa shape index (κ3) is 3.11. The van der Waals surface area contributed by atoms with Gasteiger partial charge in [-0.1, -0.05) is 35.5 Å². The highest BCUT2D eigenvalue weighted by Gasteiger charge is 2.01. The van der Waals surface area contributed by atoms with Crippen LogP contribution in [0.4, 0.5) is 0 Å². The minimum atomic E-state index is 0.733. The van der Waals surface area contributed by atoms with Crippen LogP contribution in [0.2, 0.25) is 5.02 Å². The maximum absolute atomic E-state index is 10.7. The molecule has 0 radical (unpaired) electrons. The predicted octanol–water partition coefficient (Wildman–Crippen LogP) is 4.61. The lowest BCUT2D eigenvalue weighted by Gasteiger charge is -2.04. The Balaban J connectivity index is 2.24. The molecule has 17 heavy (non-hydrogen) atoms. The van der Waals surface area contributed by atoms with Crippen molar-refractivity contribution in [1.29, 1.82) is 0 Å². The highest BCUT2D eigenvalue weighted by Crippen LogP contribution is 2.30. The van der Waals surface area contributed by atoms with Crippen LogP contribution >= 0.6 is 23.4 Å². The van der Waals surface area contributed by atoms with Gasteiger partial charge in [-0.15, -0.1) is 0 Å². The van der Waals surface area contributed by atoms with E-state index in [1.165, 1.54) is 0 Å². The lowest BCUT2D eigenvalue weighted by molar-refractivity contribution is 0.112. The molecule has 0 aliphatic heterocycles. The first-order chi connectivity index (χ1) is 8.19. The van der Waals surface area contributed by atoms with Crippen molar-refractivity contribution < 1.29 is 4.79 Å². The molecule has 0 saturated heterocycles. The van der Waals surface area contributed by atoms with Gasteiger partial charge in [-0.3, -0.25) is 4.79 Å². The molecule has 0 saturated carbocycles. The van der Waals surface area contributed by atoms with Gasteiger partial charge in [0.1, 0.15) is 6.29 Å². The van der Waals surface area contributed by atoms with Gasteiger partial charge in [-0.25, -0.2) is 0 Å². The minimum Gasteiger partial charge on any atom is -0.298 e. The number of hydrogen-bond donors (Lipinski definition) is 0. The molecule has 1 nitrogen and oxygen atoms in total. The molecule has 0 aromatic heterocycles. The Labute approximate surface area is 110 Å². The Kier molecular flexibility index (Phi) is 3.87. The van der Waals surface area contributed by atoms with E-state index in [0.717, 1.165) is 32.2 Å². The molecule has 0 aliphatic rings. The summed E-state index contributed by atoms with van der Waals surface area (Å²) in [4.78, 5) is 12.9. The summed E-state index contributed by atoms with van der Waals surface area (Å²) in [5, 5.41) is 0.733. The normalized spacial score (nSPS) is 10.2. The first kappa shape index (κ1) is 12.2. The number of aldehydes is 1. The summed E-state index contributed by atoms with van der Waals surface area (Å²) in [6, 6.07) is 13.5. The zero-order valence-corrected chi connectivity index (χ0v) is 10.9. The van der Waals surface area contributed by atoms with Crippen LogP contribution in [0.5, 0.6) is 0 Å². The second-order valence-corrected chi connectivity index (χ2v) is 5.28. The first-order valence-corrected chi connectivity index (χ1v) is 6.38. The number of rotatable bonds is 3. The molecule has 0 heterocycles. The van der Waals surface area contributed by atoms with Crippen LogP contribution in [0.25, 0.3) is 0 Å². The van der Waals surface area contributed by atoms with Crippen molar-refractivity contribution in [2.24, 2.45) is 0 Å². The van der Waals surface area contributed by atoms with Gasteiger partial charge in [0.25, 0.3) is 0 Å². The molecule has 2 aromatic carbocycles. The summed E-state index contributed by atoms with van der Waals surface area (Å²) < 4.78 is 0. The Bertz CT molecular complexity index is 552. The minimum absolute atomic E-state index is 0.733. The van der Waals surface area contributed by atoms with Gasteiger partial charge in [-0.2, -0.15) is 0 Å². The molecular formula is C14H11ClOS. The van der Waals surface area contributed by atoms with Crippen molar-refractivity contribution >= 4 is 29.6 Å². The van der Waals surface area contributed by atoms with E-state index in [1.807, 2.05) is 49.4 Å². The molecule has 0 fully saturated rings. The Morgan fingerprint density at radius 3 is 2.53 bits per heavy atom. The van der Waals surface area contributed by atoms with Crippen molar-refractivity contribution in [2.75, 3.05) is 0 Å². The molecule has 0 bridgehead atoms. The fourth-order valence-corrected chi connectivity index (χ4v) is 2.74. The molecular weight excluding hydrogens is 252 g/mol. The molecule has 0 aliphatic carbocycles. The number of halogens is 1. The summed E-state index contributed by atoms with van der Waals surface area (Å²) in [5.74, 6) is 0. The van der Waals surface area contributed by atoms with Crippen LogP contribution in [0, 0.1) is 6.92 Å². The van der Waals surface area contributed by atoms with Gasteiger partial charge in [0.05, 0.1) is 0 Å². The zero-order chi connectivity index (χ0) is 12.3. The molecule has 2 rings (SSSR count). The fourth-order valence-electron chi connectivity index (χ4n) is 1.51. The van der Waals surface area contributed by atoms with Crippen LogP contribution < -0.4 is 0 Å². The standard InChI is InChI=1S/C14H11ClOS/c1-10-7-14(6-5-11(10)9-16)17-13-4-2-3-12(15)8-13/h2-9H,1H3. The average Bonchev–Trinajstić information content (AvgIpc) is 2.29. The highest BCUT2D eigenvalue weighted by molar-refractivity contribution is 7.99. The first-order valence-electron chi connectivity index (χ1n) is 5.18. The van der Waals surface area contributed by atoms with E-state index in [2.05, 4.69) is 0 Å². The van der Waals surface area contributed by atoms with Gasteiger partial charge in [0.2, 0.25) is 0 Å². The van der Waals surface area contributed by atoms with Crippen LogP contribution in [-0.4, -0.2) is 6.29 Å². The molecule has 0 N–H and O–H groups in total. The van der Waals surface area contributed by atoms with E-state index in [4.69, 9.17) is 11.6 Å². The smallest absolute Gasteiger partial charge is 0.150 e. The van der Waals surface area contributed by atoms with Crippen LogP contribution in [0.1, 0.15) is 15.9 Å². The largest absolute Gasteiger partial charge is 0.298 e. The van der Waals surface area contributed by atoms with Gasteiger partial charge in [0.15, 0.2) is 0 Å². The summed E-state index contributed by atoms with van der Waals surface area (Å²) in [7, 11) is 0. The van der Waals surface area contributed by atoms with E-state index in [1.54, 1.807) is 11.8 Å². The highest BCUT2D eigenvalue weighted by atomic mass is 35.5. The van der Waals surface area contributed by atoms with Crippen LogP contribution in [0.3, 0.4) is 0 Å². The van der Waals surface area contributed by atoms with Crippen molar-refractivity contribution in [3.63, 3.8) is 0 Å². The van der Waals surface area contributed by atoms with Crippen molar-refractivity contribution in [1.82, 2.24) is 0 Å². The van der Waals surface area contributed by atoms with E-state index < -0.39 is 0 Å². The maximum Gasteiger partial charge on any atom is 0.150 e. The molecule has 86 valence electrons. The van der Waals surface area contributed by atoms with Gasteiger partial charge in [0, 0.05) is 20.4 Å². The average molecular weight is 263 g/mol. The lowest BCUT2D eigenvalue weighted by atomic mass is 10.1. The van der Waals surface area contributed by atoms with Crippen molar-refractivity contribution in [2.45, 2.75) is 16.7 Å². The molecule has 3 heteroatoms. The third-order valence-corrected chi connectivity index (χ3v) is 3.61. The van der Waals surface area contributed by atoms with Gasteiger partial charge >= 0.3 is 0 Å². The van der Waals surface area contributed by atoms with E-state index in [9.17, 15) is 4.79 Å². The third-order valence-electron chi connectivity index (χ3n) is 2.40. The molecule has 0 atom stereocenters. The van der Waals surface area contributed by atoms with Crippen LogP contribution in [-0.2, 0) is 0 Å². The quantitative estimate of drug-likeness (QED) is 0.752. The van der Waals surface area contributed by atoms with Gasteiger partial charge in [-0.05, 0) is 42.8 Å². The molecule has 0 unspecified atom stereocenters. The SMILES string of the molecule is Cc1cc(Sc2cccc(Cl)c2)ccc1C=O. The number of hydrogen-bond acceptors (Lipinski definition) is 2. The van der Waals surface area contributed by atoms with E-state index >= 15 is 0 Å². The second kappa shape index (κ2) is 5.39. The summed E-state index contributed by atoms with van der Waals surface area (Å²) in [6.45, 7) is 1.94. The van der Waals surface area contributed by atoms with Gasteiger partial charge < -0.3 is 0 Å². The Hall–Kier alpha value is -1.25. The van der Waals surface area contributed by atoms with E-state index in [-0.39, 0.29) is 0 Å². The Morgan fingerprint density at radius 2 is 1.88 bits per heavy atom.